The molecule has 0 spiro atoms. The highest BCUT2D eigenvalue weighted by Crippen LogP contribution is 2.41. The van der Waals surface area contributed by atoms with Gasteiger partial charge in [-0.1, -0.05) is 6.07 Å². The lowest BCUT2D eigenvalue weighted by Crippen LogP contribution is -2.63. The molecule has 126 valence electrons. The van der Waals surface area contributed by atoms with Crippen molar-refractivity contribution in [2.45, 2.75) is 12.1 Å². The Morgan fingerprint density at radius 2 is 1.58 bits per heavy atom. The largest absolute Gasteiger partial charge is 0.497 e. The van der Waals surface area contributed by atoms with E-state index in [0.29, 0.717) is 11.5 Å². The highest BCUT2D eigenvalue weighted by Gasteiger charge is 2.46. The average molecular weight is 328 g/mol. The van der Waals surface area contributed by atoms with Crippen LogP contribution in [0.5, 0.6) is 17.2 Å². The number of ether oxygens (including phenoxy) is 3. The van der Waals surface area contributed by atoms with Crippen molar-refractivity contribution in [2.75, 3.05) is 26.2 Å². The summed E-state index contributed by atoms with van der Waals surface area (Å²) < 4.78 is 15.8. The zero-order valence-electron chi connectivity index (χ0n) is 13.9. The molecule has 2 atom stereocenters. The Morgan fingerprint density at radius 1 is 0.917 bits per heavy atom. The van der Waals surface area contributed by atoms with Crippen LogP contribution in [0.4, 0.5) is 5.69 Å². The summed E-state index contributed by atoms with van der Waals surface area (Å²) in [5, 5.41) is 0. The molecular weight excluding hydrogens is 308 g/mol. The summed E-state index contributed by atoms with van der Waals surface area (Å²) in [4.78, 5) is 14.0. The number of rotatable bonds is 5. The van der Waals surface area contributed by atoms with Gasteiger partial charge in [0.25, 0.3) is 0 Å². The van der Waals surface area contributed by atoms with E-state index in [1.54, 1.807) is 26.2 Å². The SMILES string of the molecule is COc1ccc(N2C(=O)[C@H](N)[C@H]2c2ccc(OC)c(OC)c2)cc1. The third-order valence-electron chi connectivity index (χ3n) is 4.24. The fraction of sp³-hybridized carbons (Fsp3) is 0.278. The molecule has 6 nitrogen and oxygen atoms in total. The molecule has 6 heteroatoms. The van der Waals surface area contributed by atoms with Gasteiger partial charge in [0, 0.05) is 5.69 Å². The van der Waals surface area contributed by atoms with Crippen LogP contribution >= 0.6 is 0 Å². The van der Waals surface area contributed by atoms with Gasteiger partial charge in [-0.15, -0.1) is 0 Å². The van der Waals surface area contributed by atoms with Crippen LogP contribution in [0, 0.1) is 0 Å². The van der Waals surface area contributed by atoms with Crippen LogP contribution in [-0.2, 0) is 4.79 Å². The van der Waals surface area contributed by atoms with Gasteiger partial charge in [0.15, 0.2) is 11.5 Å². The Morgan fingerprint density at radius 3 is 2.17 bits per heavy atom. The van der Waals surface area contributed by atoms with E-state index in [0.717, 1.165) is 17.0 Å². The number of methoxy groups -OCH3 is 3. The molecule has 1 amide bonds. The molecule has 0 bridgehead atoms. The van der Waals surface area contributed by atoms with Crippen LogP contribution in [0.25, 0.3) is 0 Å². The summed E-state index contributed by atoms with van der Waals surface area (Å²) in [5.74, 6) is 1.87. The van der Waals surface area contributed by atoms with E-state index >= 15 is 0 Å². The van der Waals surface area contributed by atoms with Crippen molar-refractivity contribution in [1.29, 1.82) is 0 Å². The van der Waals surface area contributed by atoms with Gasteiger partial charge in [-0.3, -0.25) is 4.79 Å². The third kappa shape index (κ3) is 2.55. The third-order valence-corrected chi connectivity index (χ3v) is 4.24. The molecule has 1 saturated heterocycles. The lowest BCUT2D eigenvalue weighted by molar-refractivity contribution is -0.126. The maximum atomic E-state index is 12.3. The van der Waals surface area contributed by atoms with E-state index in [4.69, 9.17) is 19.9 Å². The van der Waals surface area contributed by atoms with Crippen molar-refractivity contribution in [2.24, 2.45) is 5.73 Å². The van der Waals surface area contributed by atoms with Crippen molar-refractivity contribution in [3.8, 4) is 17.2 Å². The first-order valence-electron chi connectivity index (χ1n) is 7.55. The predicted octanol–water partition coefficient (Wildman–Crippen LogP) is 2.13. The van der Waals surface area contributed by atoms with Crippen LogP contribution in [0.3, 0.4) is 0 Å². The van der Waals surface area contributed by atoms with E-state index in [1.165, 1.54) is 0 Å². The fourth-order valence-electron chi connectivity index (χ4n) is 2.94. The maximum absolute atomic E-state index is 12.3. The molecule has 1 fully saturated rings. The van der Waals surface area contributed by atoms with Gasteiger partial charge >= 0.3 is 0 Å². The molecule has 0 unspecified atom stereocenters. The number of hydrogen-bond donors (Lipinski definition) is 1. The van der Waals surface area contributed by atoms with Gasteiger partial charge in [-0.25, -0.2) is 0 Å². The number of carbonyl (C=O) groups excluding carboxylic acids is 1. The number of nitrogens with two attached hydrogens (primary N) is 1. The molecule has 24 heavy (non-hydrogen) atoms. The van der Waals surface area contributed by atoms with Crippen LogP contribution in [-0.4, -0.2) is 33.3 Å². The van der Waals surface area contributed by atoms with Crippen LogP contribution < -0.4 is 24.8 Å². The first kappa shape index (κ1) is 16.1. The molecule has 2 aromatic rings. The maximum Gasteiger partial charge on any atom is 0.247 e. The molecule has 0 saturated carbocycles. The van der Waals surface area contributed by atoms with Crippen molar-refractivity contribution in [3.05, 3.63) is 48.0 Å². The molecule has 3 rings (SSSR count). The molecule has 2 N–H and O–H groups in total. The predicted molar refractivity (Wildman–Crippen MR) is 90.7 cm³/mol. The van der Waals surface area contributed by atoms with E-state index in [2.05, 4.69) is 0 Å². The fourth-order valence-corrected chi connectivity index (χ4v) is 2.94. The number of nitrogens with zero attached hydrogens (tertiary/aromatic N) is 1. The van der Waals surface area contributed by atoms with Crippen LogP contribution in [0.15, 0.2) is 42.5 Å². The number of anilines is 1. The zero-order valence-corrected chi connectivity index (χ0v) is 13.9. The van der Waals surface area contributed by atoms with Crippen molar-refractivity contribution < 1.29 is 19.0 Å². The molecular formula is C18H20N2O4. The lowest BCUT2D eigenvalue weighted by atomic mass is 9.88. The van der Waals surface area contributed by atoms with E-state index in [1.807, 2.05) is 42.5 Å². The smallest absolute Gasteiger partial charge is 0.247 e. The van der Waals surface area contributed by atoms with Gasteiger partial charge in [0.2, 0.25) is 5.91 Å². The first-order valence-corrected chi connectivity index (χ1v) is 7.55. The number of amides is 1. The van der Waals surface area contributed by atoms with E-state index < -0.39 is 6.04 Å². The minimum Gasteiger partial charge on any atom is -0.497 e. The number of carbonyl (C=O) groups is 1. The second kappa shape index (κ2) is 6.41. The quantitative estimate of drug-likeness (QED) is 0.851. The standard InChI is InChI=1S/C18H20N2O4/c1-22-13-7-5-12(6-8-13)20-17(16(19)18(20)21)11-4-9-14(23-2)15(10-11)24-3/h4-10,16-17H,19H2,1-3H3/t16-,17-/m1/s1. The summed E-state index contributed by atoms with van der Waals surface area (Å²) in [6, 6.07) is 12.1. The lowest BCUT2D eigenvalue weighted by Gasteiger charge is -2.45. The normalized spacial score (nSPS) is 19.7. The summed E-state index contributed by atoms with van der Waals surface area (Å²) in [6.45, 7) is 0. The average Bonchev–Trinajstić information content (AvgIpc) is 2.64. The van der Waals surface area contributed by atoms with Gasteiger partial charge < -0.3 is 24.8 Å². The van der Waals surface area contributed by atoms with E-state index in [9.17, 15) is 4.79 Å². The molecule has 2 aromatic carbocycles. The Labute approximate surface area is 140 Å². The summed E-state index contributed by atoms with van der Waals surface area (Å²) >= 11 is 0. The monoisotopic (exact) mass is 328 g/mol. The summed E-state index contributed by atoms with van der Waals surface area (Å²) in [7, 11) is 4.76. The van der Waals surface area contributed by atoms with Gasteiger partial charge in [-0.05, 0) is 42.0 Å². The topological polar surface area (TPSA) is 74.0 Å². The molecule has 1 heterocycles. The second-order valence-corrected chi connectivity index (χ2v) is 5.49. The molecule has 1 aliphatic heterocycles. The Balaban J connectivity index is 1.94. The highest BCUT2D eigenvalue weighted by molar-refractivity contribution is 6.05. The van der Waals surface area contributed by atoms with Gasteiger partial charge in [0.1, 0.15) is 11.8 Å². The molecule has 1 aliphatic rings. The highest BCUT2D eigenvalue weighted by atomic mass is 16.5. The molecule has 0 aliphatic carbocycles. The van der Waals surface area contributed by atoms with Crippen molar-refractivity contribution >= 4 is 11.6 Å². The molecule has 0 aromatic heterocycles. The zero-order chi connectivity index (χ0) is 17.3. The first-order chi connectivity index (χ1) is 11.6. The summed E-state index contributed by atoms with van der Waals surface area (Å²) in [6.07, 6.45) is 0. The van der Waals surface area contributed by atoms with Crippen LogP contribution in [0.2, 0.25) is 0 Å². The van der Waals surface area contributed by atoms with Crippen molar-refractivity contribution in [3.63, 3.8) is 0 Å². The van der Waals surface area contributed by atoms with E-state index in [-0.39, 0.29) is 11.9 Å². The Bertz CT molecular complexity index is 745. The van der Waals surface area contributed by atoms with Crippen molar-refractivity contribution in [1.82, 2.24) is 0 Å². The van der Waals surface area contributed by atoms with Gasteiger partial charge in [-0.2, -0.15) is 0 Å². The minimum atomic E-state index is -0.579. The van der Waals surface area contributed by atoms with Crippen LogP contribution in [0.1, 0.15) is 11.6 Å². The number of hydrogen-bond acceptors (Lipinski definition) is 5. The minimum absolute atomic E-state index is 0.111. The molecule has 0 radical (unpaired) electrons. The Hall–Kier alpha value is -2.73. The van der Waals surface area contributed by atoms with Gasteiger partial charge in [0.05, 0.1) is 27.4 Å². The summed E-state index contributed by atoms with van der Waals surface area (Å²) in [5.41, 5.74) is 7.73. The number of benzene rings is 2. The second-order valence-electron chi connectivity index (χ2n) is 5.49. The number of β-lactam (4-membered cyclic amide) rings is 1. The Kier molecular flexibility index (Phi) is 4.31.